The van der Waals surface area contributed by atoms with E-state index in [1.165, 1.54) is 0 Å². The third kappa shape index (κ3) is 1.43. The summed E-state index contributed by atoms with van der Waals surface area (Å²) in [6.45, 7) is 0. The van der Waals surface area contributed by atoms with E-state index in [-0.39, 0.29) is 5.54 Å². The van der Waals surface area contributed by atoms with Crippen LogP contribution in [0.5, 0.6) is 0 Å². The second-order valence-corrected chi connectivity index (χ2v) is 4.01. The lowest BCUT2D eigenvalue weighted by atomic mass is 10.2. The summed E-state index contributed by atoms with van der Waals surface area (Å²) in [5, 5.41) is 4.14. The second kappa shape index (κ2) is 2.90. The molecule has 15 heavy (non-hydrogen) atoms. The summed E-state index contributed by atoms with van der Waals surface area (Å²) in [6.07, 6.45) is 7.54. The van der Waals surface area contributed by atoms with Crippen molar-refractivity contribution in [3.05, 3.63) is 42.5 Å². The molecule has 0 unspecified atom stereocenters. The molecular formula is C11H12N4. The summed E-state index contributed by atoms with van der Waals surface area (Å²) in [7, 11) is 0. The van der Waals surface area contributed by atoms with Crippen LogP contribution in [0.1, 0.15) is 18.5 Å². The number of hydrogen-bond acceptors (Lipinski definition) is 3. The van der Waals surface area contributed by atoms with Gasteiger partial charge in [-0.25, -0.2) is 4.68 Å². The van der Waals surface area contributed by atoms with Gasteiger partial charge in [0.1, 0.15) is 0 Å². The van der Waals surface area contributed by atoms with Crippen molar-refractivity contribution in [2.45, 2.75) is 18.4 Å². The van der Waals surface area contributed by atoms with E-state index in [4.69, 9.17) is 5.73 Å². The van der Waals surface area contributed by atoms with Crippen LogP contribution in [0, 0.1) is 0 Å². The average molecular weight is 200 g/mol. The fourth-order valence-corrected chi connectivity index (χ4v) is 1.63. The van der Waals surface area contributed by atoms with Crippen molar-refractivity contribution < 1.29 is 0 Å². The summed E-state index contributed by atoms with van der Waals surface area (Å²) < 4.78 is 1.78. The Labute approximate surface area is 87.7 Å². The molecule has 1 saturated carbocycles. The van der Waals surface area contributed by atoms with Crippen LogP contribution in [0.2, 0.25) is 0 Å². The Morgan fingerprint density at radius 1 is 1.33 bits per heavy atom. The first-order valence-electron chi connectivity index (χ1n) is 5.03. The van der Waals surface area contributed by atoms with Crippen LogP contribution in [-0.4, -0.2) is 14.8 Å². The molecule has 1 aliphatic carbocycles. The summed E-state index contributed by atoms with van der Waals surface area (Å²) in [4.78, 5) is 4.38. The van der Waals surface area contributed by atoms with Crippen LogP contribution in [0.4, 0.5) is 0 Å². The molecule has 0 amide bonds. The molecule has 3 rings (SSSR count). The minimum absolute atomic E-state index is 0.150. The van der Waals surface area contributed by atoms with Crippen LogP contribution >= 0.6 is 0 Å². The molecule has 2 aromatic heterocycles. The number of nitrogens with zero attached hydrogens (tertiary/aromatic N) is 3. The van der Waals surface area contributed by atoms with Gasteiger partial charge < -0.3 is 5.73 Å². The van der Waals surface area contributed by atoms with Crippen molar-refractivity contribution in [3.63, 3.8) is 0 Å². The Kier molecular flexibility index (Phi) is 1.67. The predicted molar refractivity (Wildman–Crippen MR) is 56.5 cm³/mol. The largest absolute Gasteiger partial charge is 0.320 e. The van der Waals surface area contributed by atoms with E-state index >= 15 is 0 Å². The van der Waals surface area contributed by atoms with Crippen molar-refractivity contribution in [2.24, 2.45) is 5.73 Å². The lowest BCUT2D eigenvalue weighted by Gasteiger charge is -2.08. The zero-order valence-electron chi connectivity index (χ0n) is 8.30. The van der Waals surface area contributed by atoms with E-state index in [2.05, 4.69) is 10.1 Å². The zero-order chi connectivity index (χ0) is 10.3. The Balaban J connectivity index is 1.94. The fourth-order valence-electron chi connectivity index (χ4n) is 1.63. The van der Waals surface area contributed by atoms with Gasteiger partial charge in [-0.15, -0.1) is 0 Å². The summed E-state index contributed by atoms with van der Waals surface area (Å²) in [5.41, 5.74) is 7.85. The Morgan fingerprint density at radius 2 is 2.20 bits per heavy atom. The molecule has 4 heteroatoms. The third-order valence-corrected chi connectivity index (χ3v) is 2.82. The number of aromatic nitrogens is 3. The quantitative estimate of drug-likeness (QED) is 0.792. The van der Waals surface area contributed by atoms with Gasteiger partial charge in [0.25, 0.3) is 0 Å². The fraction of sp³-hybridized carbons (Fsp3) is 0.273. The van der Waals surface area contributed by atoms with Gasteiger partial charge >= 0.3 is 0 Å². The van der Waals surface area contributed by atoms with Crippen LogP contribution in [-0.2, 0) is 5.54 Å². The van der Waals surface area contributed by atoms with E-state index in [0.29, 0.717) is 0 Å². The van der Waals surface area contributed by atoms with Gasteiger partial charge in [-0.3, -0.25) is 4.98 Å². The molecule has 1 fully saturated rings. The molecule has 1 aliphatic rings. The second-order valence-electron chi connectivity index (χ2n) is 4.01. The van der Waals surface area contributed by atoms with Crippen molar-refractivity contribution in [1.29, 1.82) is 0 Å². The third-order valence-electron chi connectivity index (χ3n) is 2.82. The molecule has 2 heterocycles. The molecule has 0 atom stereocenters. The molecule has 0 spiro atoms. The minimum Gasteiger partial charge on any atom is -0.320 e. The number of pyridine rings is 1. The summed E-state index contributed by atoms with van der Waals surface area (Å²) >= 11 is 0. The first-order valence-corrected chi connectivity index (χ1v) is 5.03. The molecule has 0 radical (unpaired) electrons. The van der Waals surface area contributed by atoms with Crippen molar-refractivity contribution in [3.8, 4) is 5.69 Å². The lowest BCUT2D eigenvalue weighted by molar-refractivity contribution is 0.705. The van der Waals surface area contributed by atoms with Gasteiger partial charge in [0.2, 0.25) is 0 Å². The molecule has 2 N–H and O–H groups in total. The first kappa shape index (κ1) is 8.61. The average Bonchev–Trinajstić information content (AvgIpc) is 2.84. The predicted octanol–water partition coefficient (Wildman–Crippen LogP) is 1.22. The van der Waals surface area contributed by atoms with E-state index in [9.17, 15) is 0 Å². The monoisotopic (exact) mass is 200 g/mol. The van der Waals surface area contributed by atoms with Gasteiger partial charge in [0.05, 0.1) is 23.1 Å². The highest BCUT2D eigenvalue weighted by atomic mass is 15.3. The maximum atomic E-state index is 6.05. The van der Waals surface area contributed by atoms with Gasteiger partial charge in [-0.2, -0.15) is 5.10 Å². The highest BCUT2D eigenvalue weighted by Gasteiger charge is 2.41. The van der Waals surface area contributed by atoms with Crippen LogP contribution in [0.15, 0.2) is 36.8 Å². The maximum Gasteiger partial charge on any atom is 0.0828 e. The minimum atomic E-state index is -0.150. The Bertz CT molecular complexity index is 454. The van der Waals surface area contributed by atoms with Gasteiger partial charge in [-0.1, -0.05) is 0 Å². The number of nitrogens with two attached hydrogens (primary N) is 1. The molecule has 76 valence electrons. The van der Waals surface area contributed by atoms with Crippen LogP contribution < -0.4 is 5.73 Å². The van der Waals surface area contributed by atoms with E-state index < -0.39 is 0 Å². The topological polar surface area (TPSA) is 56.7 Å². The molecule has 0 aliphatic heterocycles. The highest BCUT2D eigenvalue weighted by Crippen LogP contribution is 2.41. The van der Waals surface area contributed by atoms with Crippen molar-refractivity contribution in [1.82, 2.24) is 14.8 Å². The molecule has 0 bridgehead atoms. The van der Waals surface area contributed by atoms with Crippen molar-refractivity contribution in [2.75, 3.05) is 0 Å². The molecule has 0 aromatic carbocycles. The first-order chi connectivity index (χ1) is 7.28. The summed E-state index contributed by atoms with van der Waals surface area (Å²) in [6, 6.07) is 5.88. The zero-order valence-corrected chi connectivity index (χ0v) is 8.30. The van der Waals surface area contributed by atoms with Gasteiger partial charge in [0, 0.05) is 12.4 Å². The number of hydrogen-bond donors (Lipinski definition) is 1. The van der Waals surface area contributed by atoms with E-state index in [0.717, 1.165) is 24.2 Å². The van der Waals surface area contributed by atoms with E-state index in [1.807, 2.05) is 30.6 Å². The molecule has 4 nitrogen and oxygen atoms in total. The lowest BCUT2D eigenvalue weighted by Crippen LogP contribution is -2.20. The van der Waals surface area contributed by atoms with Crippen LogP contribution in [0.25, 0.3) is 5.69 Å². The Morgan fingerprint density at radius 3 is 2.73 bits per heavy atom. The SMILES string of the molecule is NC1(c2ccc(-n3cccn3)cn2)CC1. The number of rotatable bonds is 2. The molecular weight excluding hydrogens is 188 g/mol. The summed E-state index contributed by atoms with van der Waals surface area (Å²) in [5.74, 6) is 0. The molecule has 0 saturated heterocycles. The van der Waals surface area contributed by atoms with Crippen molar-refractivity contribution >= 4 is 0 Å². The van der Waals surface area contributed by atoms with Crippen LogP contribution in [0.3, 0.4) is 0 Å². The maximum absolute atomic E-state index is 6.05. The van der Waals surface area contributed by atoms with E-state index in [1.54, 1.807) is 10.9 Å². The standard InChI is InChI=1S/C11H12N4/c12-11(4-5-11)10-3-2-9(8-13-10)15-7-1-6-14-15/h1-3,6-8H,4-5,12H2. The smallest absolute Gasteiger partial charge is 0.0828 e. The normalized spacial score (nSPS) is 17.7. The Hall–Kier alpha value is -1.68. The highest BCUT2D eigenvalue weighted by molar-refractivity contribution is 5.32. The molecule has 2 aromatic rings. The van der Waals surface area contributed by atoms with Gasteiger partial charge in [-0.05, 0) is 31.0 Å². The van der Waals surface area contributed by atoms with Gasteiger partial charge in [0.15, 0.2) is 0 Å².